The minimum atomic E-state index is -4.54. The number of hydrogen-bond acceptors (Lipinski definition) is 3. The lowest BCUT2D eigenvalue weighted by atomic mass is 9.82. The molecule has 0 bridgehead atoms. The summed E-state index contributed by atoms with van der Waals surface area (Å²) in [6.45, 7) is 0. The van der Waals surface area contributed by atoms with Gasteiger partial charge in [0.1, 0.15) is 11.9 Å². The molecule has 1 fully saturated rings. The maximum Gasteiger partial charge on any atom is 0.389 e. The van der Waals surface area contributed by atoms with E-state index in [1.165, 1.54) is 12.1 Å². The molecule has 10 heteroatoms. The van der Waals surface area contributed by atoms with Crippen LogP contribution in [0.25, 0.3) is 11.1 Å². The molecule has 0 spiro atoms. The predicted octanol–water partition coefficient (Wildman–Crippen LogP) is 4.46. The first-order chi connectivity index (χ1) is 16.5. The summed E-state index contributed by atoms with van der Waals surface area (Å²) in [5, 5.41) is 5.02. The topological polar surface area (TPSA) is 101 Å². The number of para-hydroxylation sites is 1. The molecule has 3 amide bonds. The van der Waals surface area contributed by atoms with Gasteiger partial charge in [-0.3, -0.25) is 14.4 Å². The van der Waals surface area contributed by atoms with Crippen molar-refractivity contribution in [1.82, 2.24) is 5.32 Å². The molecule has 4 rings (SSSR count). The van der Waals surface area contributed by atoms with Crippen LogP contribution in [0.5, 0.6) is 0 Å². The highest BCUT2D eigenvalue weighted by molar-refractivity contribution is 6.05. The molecule has 0 radical (unpaired) electrons. The van der Waals surface area contributed by atoms with Gasteiger partial charge < -0.3 is 16.4 Å². The summed E-state index contributed by atoms with van der Waals surface area (Å²) in [5.41, 5.74) is 6.70. The summed E-state index contributed by atoms with van der Waals surface area (Å²) in [7, 11) is 0. The summed E-state index contributed by atoms with van der Waals surface area (Å²) in [6.07, 6.45) is -4.59. The number of nitrogens with one attached hydrogen (secondary N) is 2. The Hall–Kier alpha value is -3.43. The van der Waals surface area contributed by atoms with Crippen molar-refractivity contribution in [3.8, 4) is 11.1 Å². The van der Waals surface area contributed by atoms with Crippen LogP contribution in [0.4, 0.5) is 23.2 Å². The molecule has 1 aliphatic heterocycles. The average Bonchev–Trinajstić information content (AvgIpc) is 3.62. The average molecular weight is 491 g/mol. The van der Waals surface area contributed by atoms with Crippen LogP contribution < -0.4 is 16.4 Å². The smallest absolute Gasteiger partial charge is 0.369 e. The number of anilines is 1. The lowest BCUT2D eigenvalue weighted by Crippen LogP contribution is -2.45. The van der Waals surface area contributed by atoms with Crippen molar-refractivity contribution in [3.63, 3.8) is 0 Å². The van der Waals surface area contributed by atoms with Crippen molar-refractivity contribution in [3.05, 3.63) is 53.8 Å². The number of carbonyl (C=O) groups is 3. The van der Waals surface area contributed by atoms with Crippen LogP contribution in [-0.4, -0.2) is 23.9 Å². The number of primary amides is 1. The third-order valence-corrected chi connectivity index (χ3v) is 6.58. The minimum Gasteiger partial charge on any atom is -0.369 e. The third kappa shape index (κ3) is 5.63. The minimum absolute atomic E-state index is 0.0564. The first kappa shape index (κ1) is 24.7. The molecule has 4 N–H and O–H groups in total. The number of hydrogen-bond donors (Lipinski definition) is 3. The monoisotopic (exact) mass is 491 g/mol. The first-order valence-electron chi connectivity index (χ1n) is 11.4. The van der Waals surface area contributed by atoms with E-state index in [4.69, 9.17) is 5.73 Å². The molecule has 0 saturated heterocycles. The third-order valence-electron chi connectivity index (χ3n) is 6.58. The van der Waals surface area contributed by atoms with E-state index in [1.54, 1.807) is 30.3 Å². The molecular weight excluding hydrogens is 466 g/mol. The predicted molar refractivity (Wildman–Crippen MR) is 120 cm³/mol. The van der Waals surface area contributed by atoms with E-state index in [1.807, 2.05) is 0 Å². The van der Waals surface area contributed by atoms with E-state index in [0.29, 0.717) is 16.7 Å². The summed E-state index contributed by atoms with van der Waals surface area (Å²) in [6, 6.07) is 9.54. The van der Waals surface area contributed by atoms with Crippen LogP contribution in [0.2, 0.25) is 0 Å². The van der Waals surface area contributed by atoms with E-state index in [0.717, 1.165) is 12.8 Å². The van der Waals surface area contributed by atoms with E-state index in [9.17, 15) is 31.9 Å². The van der Waals surface area contributed by atoms with Crippen molar-refractivity contribution in [2.45, 2.75) is 44.3 Å². The number of fused-ring (bicyclic) bond motifs is 3. The van der Waals surface area contributed by atoms with Crippen molar-refractivity contribution in [2.24, 2.45) is 23.5 Å². The molecule has 35 heavy (non-hydrogen) atoms. The Morgan fingerprint density at radius 2 is 1.74 bits per heavy atom. The lowest BCUT2D eigenvalue weighted by molar-refractivity contribution is -0.146. The quantitative estimate of drug-likeness (QED) is 0.475. The molecular formula is C25H25F4N3O3. The van der Waals surface area contributed by atoms with E-state index in [2.05, 4.69) is 10.6 Å². The van der Waals surface area contributed by atoms with Gasteiger partial charge in [0, 0.05) is 23.8 Å². The Kier molecular flexibility index (Phi) is 6.82. The van der Waals surface area contributed by atoms with Gasteiger partial charge in [-0.25, -0.2) is 4.39 Å². The van der Waals surface area contributed by atoms with Crippen LogP contribution in [0, 0.1) is 23.6 Å². The molecule has 2 aromatic rings. The van der Waals surface area contributed by atoms with Gasteiger partial charge >= 0.3 is 6.18 Å². The normalized spacial score (nSPS) is 19.0. The molecule has 3 unspecified atom stereocenters. The fourth-order valence-corrected chi connectivity index (χ4v) is 4.62. The molecule has 1 heterocycles. The molecule has 2 aromatic carbocycles. The Morgan fingerprint density at radius 1 is 1.06 bits per heavy atom. The van der Waals surface area contributed by atoms with Gasteiger partial charge in [0.2, 0.25) is 11.8 Å². The van der Waals surface area contributed by atoms with Crippen molar-refractivity contribution < 1.29 is 31.9 Å². The van der Waals surface area contributed by atoms with Gasteiger partial charge in [-0.05, 0) is 36.0 Å². The second-order valence-corrected chi connectivity index (χ2v) is 9.13. The van der Waals surface area contributed by atoms with Gasteiger partial charge in [0.05, 0.1) is 5.69 Å². The van der Waals surface area contributed by atoms with E-state index >= 15 is 0 Å². The number of rotatable bonds is 8. The van der Waals surface area contributed by atoms with Crippen molar-refractivity contribution in [1.29, 1.82) is 0 Å². The second kappa shape index (κ2) is 9.67. The molecule has 1 aliphatic carbocycles. The van der Waals surface area contributed by atoms with Gasteiger partial charge in [-0.1, -0.05) is 49.2 Å². The molecule has 2 aliphatic rings. The number of carbonyl (C=O) groups excluding carboxylic acids is 3. The van der Waals surface area contributed by atoms with E-state index < -0.39 is 60.4 Å². The zero-order chi connectivity index (χ0) is 25.3. The Labute approximate surface area is 199 Å². The number of nitrogens with two attached hydrogens (primary N) is 1. The maximum absolute atomic E-state index is 14.5. The van der Waals surface area contributed by atoms with Gasteiger partial charge in [0.15, 0.2) is 0 Å². The molecule has 1 saturated carbocycles. The Bertz CT molecular complexity index is 1150. The molecule has 0 aromatic heterocycles. The summed E-state index contributed by atoms with van der Waals surface area (Å²) >= 11 is 0. The van der Waals surface area contributed by atoms with Crippen LogP contribution in [0.15, 0.2) is 42.5 Å². The zero-order valence-corrected chi connectivity index (χ0v) is 18.7. The van der Waals surface area contributed by atoms with Crippen LogP contribution >= 0.6 is 0 Å². The van der Waals surface area contributed by atoms with Crippen LogP contribution in [0.1, 0.15) is 43.7 Å². The number of benzene rings is 2. The molecule has 6 nitrogen and oxygen atoms in total. The highest BCUT2D eigenvalue weighted by Crippen LogP contribution is 2.41. The lowest BCUT2D eigenvalue weighted by Gasteiger charge is -2.27. The number of halogens is 4. The molecule has 186 valence electrons. The van der Waals surface area contributed by atoms with Gasteiger partial charge in [0.25, 0.3) is 5.91 Å². The summed E-state index contributed by atoms with van der Waals surface area (Å²) in [5.74, 6) is -5.46. The standard InChI is InChI=1S/C25H25F4N3O3/c26-19-7-3-6-15-14-4-1-2-5-16(14)21(24(35)31-20(15)19)32-23(34)17(10-11-25(27,28)29)18(22(30)33)12-13-8-9-13/h1-7,13,17-18,21H,8-12H2,(H2,30,33)(H,31,35)(H,32,34). The highest BCUT2D eigenvalue weighted by Gasteiger charge is 2.41. The second-order valence-electron chi connectivity index (χ2n) is 9.13. The Balaban J connectivity index is 1.67. The summed E-state index contributed by atoms with van der Waals surface area (Å²) < 4.78 is 53.6. The fraction of sp³-hybridized carbons (Fsp3) is 0.400. The van der Waals surface area contributed by atoms with Gasteiger partial charge in [-0.15, -0.1) is 0 Å². The first-order valence-corrected chi connectivity index (χ1v) is 11.4. The van der Waals surface area contributed by atoms with Crippen molar-refractivity contribution in [2.75, 3.05) is 5.32 Å². The zero-order valence-electron chi connectivity index (χ0n) is 18.7. The van der Waals surface area contributed by atoms with Gasteiger partial charge in [-0.2, -0.15) is 13.2 Å². The largest absolute Gasteiger partial charge is 0.389 e. The molecule has 3 atom stereocenters. The fourth-order valence-electron chi connectivity index (χ4n) is 4.62. The van der Waals surface area contributed by atoms with Crippen LogP contribution in [-0.2, 0) is 14.4 Å². The maximum atomic E-state index is 14.5. The van der Waals surface area contributed by atoms with Crippen LogP contribution in [0.3, 0.4) is 0 Å². The van der Waals surface area contributed by atoms with E-state index in [-0.39, 0.29) is 18.0 Å². The Morgan fingerprint density at radius 3 is 2.40 bits per heavy atom. The summed E-state index contributed by atoms with van der Waals surface area (Å²) in [4.78, 5) is 38.6. The highest BCUT2D eigenvalue weighted by atomic mass is 19.4. The van der Waals surface area contributed by atoms with Crippen molar-refractivity contribution >= 4 is 23.4 Å². The SMILES string of the molecule is NC(=O)C(CC1CC1)C(CCC(F)(F)F)C(=O)NC1C(=O)Nc2c(F)cccc2-c2ccccc21. The number of amides is 3. The number of alkyl halides is 3.